The van der Waals surface area contributed by atoms with Crippen LogP contribution in [0.1, 0.15) is 30.9 Å². The second-order valence-electron chi connectivity index (χ2n) is 6.19. The third-order valence-electron chi connectivity index (χ3n) is 4.23. The van der Waals surface area contributed by atoms with Crippen LogP contribution in [0.3, 0.4) is 0 Å². The molecule has 0 saturated carbocycles. The molecule has 5 heteroatoms. The minimum absolute atomic E-state index is 0.728. The first-order valence-corrected chi connectivity index (χ1v) is 9.14. The zero-order valence-electron chi connectivity index (χ0n) is 15.7. The first kappa shape index (κ1) is 19.3. The van der Waals surface area contributed by atoms with Gasteiger partial charge < -0.3 is 20.1 Å². The van der Waals surface area contributed by atoms with Crippen molar-refractivity contribution in [2.24, 2.45) is 4.99 Å². The van der Waals surface area contributed by atoms with E-state index in [2.05, 4.69) is 42.7 Å². The predicted octanol–water partition coefficient (Wildman–Crippen LogP) is 2.84. The van der Waals surface area contributed by atoms with Crippen LogP contribution in [0.25, 0.3) is 0 Å². The summed E-state index contributed by atoms with van der Waals surface area (Å²) in [5.41, 5.74) is 3.92. The molecule has 25 heavy (non-hydrogen) atoms. The summed E-state index contributed by atoms with van der Waals surface area (Å²) in [5, 5.41) is 6.73. The van der Waals surface area contributed by atoms with Crippen molar-refractivity contribution in [3.8, 4) is 5.75 Å². The highest BCUT2D eigenvalue weighted by Gasteiger charge is 2.05. The summed E-state index contributed by atoms with van der Waals surface area (Å²) >= 11 is 0. The topological polar surface area (TPSA) is 54.9 Å². The predicted molar refractivity (Wildman–Crippen MR) is 104 cm³/mol. The third-order valence-corrected chi connectivity index (χ3v) is 4.23. The van der Waals surface area contributed by atoms with Gasteiger partial charge in [-0.2, -0.15) is 0 Å². The lowest BCUT2D eigenvalue weighted by molar-refractivity contribution is 0.153. The summed E-state index contributed by atoms with van der Waals surface area (Å²) in [7, 11) is 1.72. The molecule has 138 valence electrons. The Labute approximate surface area is 151 Å². The molecule has 1 aliphatic heterocycles. The lowest BCUT2D eigenvalue weighted by atomic mass is 10.1. The number of aryl methyl sites for hydroxylation is 1. The van der Waals surface area contributed by atoms with Crippen LogP contribution in [0, 0.1) is 6.92 Å². The summed E-state index contributed by atoms with van der Waals surface area (Å²) in [6.45, 7) is 8.26. The van der Waals surface area contributed by atoms with Gasteiger partial charge in [0.25, 0.3) is 0 Å². The van der Waals surface area contributed by atoms with E-state index in [1.807, 2.05) is 6.07 Å². The van der Waals surface area contributed by atoms with Crippen LogP contribution in [0.5, 0.6) is 5.75 Å². The monoisotopic (exact) mass is 345 g/mol. The average molecular weight is 345 g/mol. The minimum atomic E-state index is 0.728. The smallest absolute Gasteiger partial charge is 0.191 e. The van der Waals surface area contributed by atoms with Gasteiger partial charge in [-0.05, 0) is 44.7 Å². The molecule has 0 spiro atoms. The highest BCUT2D eigenvalue weighted by atomic mass is 16.5. The van der Waals surface area contributed by atoms with Crippen LogP contribution in [0.15, 0.2) is 34.8 Å². The second kappa shape index (κ2) is 10.8. The first-order valence-electron chi connectivity index (χ1n) is 9.14. The van der Waals surface area contributed by atoms with Gasteiger partial charge in [0.1, 0.15) is 5.75 Å². The SMILES string of the molecule is CCNC(=NCCc1cc(C)ccc1OC)NCCC1=CCOCC1. The summed E-state index contributed by atoms with van der Waals surface area (Å²) in [4.78, 5) is 4.69. The molecule has 1 aromatic carbocycles. The van der Waals surface area contributed by atoms with Crippen molar-refractivity contribution in [3.05, 3.63) is 41.0 Å². The molecule has 1 heterocycles. The Kier molecular flexibility index (Phi) is 8.32. The lowest BCUT2D eigenvalue weighted by Crippen LogP contribution is -2.38. The largest absolute Gasteiger partial charge is 0.496 e. The van der Waals surface area contributed by atoms with Crippen molar-refractivity contribution in [1.29, 1.82) is 0 Å². The van der Waals surface area contributed by atoms with Gasteiger partial charge >= 0.3 is 0 Å². The van der Waals surface area contributed by atoms with Crippen molar-refractivity contribution >= 4 is 5.96 Å². The molecule has 2 N–H and O–H groups in total. The summed E-state index contributed by atoms with van der Waals surface area (Å²) in [5.74, 6) is 1.81. The van der Waals surface area contributed by atoms with E-state index < -0.39 is 0 Å². The van der Waals surface area contributed by atoms with Crippen LogP contribution in [-0.4, -0.2) is 45.9 Å². The Morgan fingerprint density at radius 2 is 2.16 bits per heavy atom. The van der Waals surface area contributed by atoms with Crippen molar-refractivity contribution in [1.82, 2.24) is 10.6 Å². The number of methoxy groups -OCH3 is 1. The van der Waals surface area contributed by atoms with Crippen molar-refractivity contribution in [2.45, 2.75) is 33.1 Å². The maximum atomic E-state index is 5.44. The van der Waals surface area contributed by atoms with Gasteiger partial charge in [0.2, 0.25) is 0 Å². The fourth-order valence-electron chi connectivity index (χ4n) is 2.87. The van der Waals surface area contributed by atoms with E-state index in [1.165, 1.54) is 16.7 Å². The molecule has 5 nitrogen and oxygen atoms in total. The highest BCUT2D eigenvalue weighted by molar-refractivity contribution is 5.79. The van der Waals surface area contributed by atoms with Crippen LogP contribution >= 0.6 is 0 Å². The molecule has 0 amide bonds. The molecule has 0 atom stereocenters. The van der Waals surface area contributed by atoms with E-state index in [1.54, 1.807) is 7.11 Å². The maximum absolute atomic E-state index is 5.44. The Bertz CT molecular complexity index is 597. The molecule has 0 unspecified atom stereocenters. The van der Waals surface area contributed by atoms with Crippen LogP contribution < -0.4 is 15.4 Å². The quantitative estimate of drug-likeness (QED) is 0.432. The molecular weight excluding hydrogens is 314 g/mol. The van der Waals surface area contributed by atoms with Gasteiger partial charge in [-0.25, -0.2) is 0 Å². The summed E-state index contributed by atoms with van der Waals surface area (Å²) < 4.78 is 10.8. The number of hydrogen-bond acceptors (Lipinski definition) is 3. The number of aliphatic imine (C=N–C) groups is 1. The van der Waals surface area contributed by atoms with Crippen molar-refractivity contribution in [3.63, 3.8) is 0 Å². The fraction of sp³-hybridized carbons (Fsp3) is 0.550. The standard InChI is InChI=1S/C20H31N3O2/c1-4-21-20(22-11-7-17-9-13-25-14-10-17)23-12-8-18-15-16(2)5-6-19(18)24-3/h5-6,9,15H,4,7-8,10-14H2,1-3H3,(H2,21,22,23). The Hall–Kier alpha value is -2.01. The third kappa shape index (κ3) is 6.78. The molecule has 0 bridgehead atoms. The van der Waals surface area contributed by atoms with Gasteiger partial charge in [0, 0.05) is 19.6 Å². The lowest BCUT2D eigenvalue weighted by Gasteiger charge is -2.15. The number of guanidine groups is 1. The Morgan fingerprint density at radius 3 is 2.88 bits per heavy atom. The van der Waals surface area contributed by atoms with E-state index in [-0.39, 0.29) is 0 Å². The fourth-order valence-corrected chi connectivity index (χ4v) is 2.87. The van der Waals surface area contributed by atoms with Crippen molar-refractivity contribution < 1.29 is 9.47 Å². The van der Waals surface area contributed by atoms with E-state index in [0.29, 0.717) is 0 Å². The number of nitrogens with zero attached hydrogens (tertiary/aromatic N) is 1. The minimum Gasteiger partial charge on any atom is -0.496 e. The van der Waals surface area contributed by atoms with Gasteiger partial charge in [-0.1, -0.05) is 29.3 Å². The van der Waals surface area contributed by atoms with Crippen LogP contribution in [0.4, 0.5) is 0 Å². The summed E-state index contributed by atoms with van der Waals surface area (Å²) in [6, 6.07) is 6.27. The van der Waals surface area contributed by atoms with Crippen LogP contribution in [0.2, 0.25) is 0 Å². The normalized spacial score (nSPS) is 14.8. The highest BCUT2D eigenvalue weighted by Crippen LogP contribution is 2.20. The number of nitrogens with one attached hydrogen (secondary N) is 2. The van der Waals surface area contributed by atoms with Gasteiger partial charge in [-0.15, -0.1) is 0 Å². The molecule has 0 fully saturated rings. The van der Waals surface area contributed by atoms with Gasteiger partial charge in [0.05, 0.1) is 20.3 Å². The zero-order valence-corrected chi connectivity index (χ0v) is 15.7. The summed E-state index contributed by atoms with van der Waals surface area (Å²) in [6.07, 6.45) is 5.14. The molecule has 1 aromatic rings. The second-order valence-corrected chi connectivity index (χ2v) is 6.19. The molecular formula is C20H31N3O2. The van der Waals surface area contributed by atoms with Crippen molar-refractivity contribution in [2.75, 3.05) is 40.0 Å². The van der Waals surface area contributed by atoms with Gasteiger partial charge in [-0.3, -0.25) is 4.99 Å². The number of rotatable bonds is 8. The van der Waals surface area contributed by atoms with E-state index in [4.69, 9.17) is 14.5 Å². The van der Waals surface area contributed by atoms with Crippen LogP contribution in [-0.2, 0) is 11.2 Å². The molecule has 0 saturated heterocycles. The van der Waals surface area contributed by atoms with E-state index in [0.717, 1.165) is 63.8 Å². The first-order chi connectivity index (χ1) is 12.2. The van der Waals surface area contributed by atoms with Gasteiger partial charge in [0.15, 0.2) is 5.96 Å². The molecule has 1 aliphatic rings. The molecule has 2 rings (SSSR count). The Balaban J connectivity index is 1.84. The average Bonchev–Trinajstić information content (AvgIpc) is 2.63. The molecule has 0 aliphatic carbocycles. The molecule has 0 radical (unpaired) electrons. The number of benzene rings is 1. The maximum Gasteiger partial charge on any atom is 0.191 e. The number of ether oxygens (including phenoxy) is 2. The zero-order chi connectivity index (χ0) is 17.9. The molecule has 0 aromatic heterocycles. The Morgan fingerprint density at radius 1 is 1.28 bits per heavy atom. The van der Waals surface area contributed by atoms with E-state index >= 15 is 0 Å². The van der Waals surface area contributed by atoms with E-state index in [9.17, 15) is 0 Å². The number of hydrogen-bond donors (Lipinski definition) is 2.